The Labute approximate surface area is 111 Å². The molecular weight excluding hydrogens is 224 g/mol. The zero-order chi connectivity index (χ0) is 13.8. The minimum absolute atomic E-state index is 0.247. The molecule has 18 heavy (non-hydrogen) atoms. The second kappa shape index (κ2) is 6.03. The Morgan fingerprint density at radius 2 is 1.89 bits per heavy atom. The molecule has 4 heteroatoms. The summed E-state index contributed by atoms with van der Waals surface area (Å²) in [5.41, 5.74) is 1.22. The van der Waals surface area contributed by atoms with Crippen LogP contribution in [0.1, 0.15) is 40.3 Å². The van der Waals surface area contributed by atoms with Crippen molar-refractivity contribution >= 4 is 11.8 Å². The smallest absolute Gasteiger partial charge is 0.224 e. The number of hydrogen-bond acceptors (Lipinski definition) is 4. The minimum Gasteiger partial charge on any atom is -0.369 e. The lowest BCUT2D eigenvalue weighted by atomic mass is 9.81. The van der Waals surface area contributed by atoms with E-state index < -0.39 is 0 Å². The molecule has 0 aliphatic heterocycles. The van der Waals surface area contributed by atoms with Crippen molar-refractivity contribution in [2.24, 2.45) is 11.3 Å². The molecule has 0 fully saturated rings. The summed E-state index contributed by atoms with van der Waals surface area (Å²) in [5, 5.41) is 6.56. The van der Waals surface area contributed by atoms with Crippen molar-refractivity contribution in [3.8, 4) is 0 Å². The van der Waals surface area contributed by atoms with Crippen LogP contribution in [-0.4, -0.2) is 23.1 Å². The number of aromatic nitrogens is 2. The van der Waals surface area contributed by atoms with E-state index in [9.17, 15) is 0 Å². The summed E-state index contributed by atoms with van der Waals surface area (Å²) in [4.78, 5) is 8.79. The van der Waals surface area contributed by atoms with Crippen LogP contribution in [0.15, 0.2) is 6.07 Å². The van der Waals surface area contributed by atoms with Crippen molar-refractivity contribution < 1.29 is 0 Å². The van der Waals surface area contributed by atoms with E-state index in [2.05, 4.69) is 48.3 Å². The first-order valence-corrected chi connectivity index (χ1v) is 6.68. The number of hydrogen-bond donors (Lipinski definition) is 2. The van der Waals surface area contributed by atoms with Gasteiger partial charge in [0.15, 0.2) is 0 Å². The Morgan fingerprint density at radius 1 is 1.22 bits per heavy atom. The van der Waals surface area contributed by atoms with Crippen LogP contribution < -0.4 is 10.6 Å². The van der Waals surface area contributed by atoms with Crippen molar-refractivity contribution in [1.82, 2.24) is 9.97 Å². The molecule has 2 N–H and O–H groups in total. The van der Waals surface area contributed by atoms with Crippen molar-refractivity contribution in [1.29, 1.82) is 0 Å². The SMILES string of the molecule is CCNc1nc(C)cc(NCC(C)(C)C(C)C)n1. The fraction of sp³-hybridized carbons (Fsp3) is 0.714. The molecule has 0 aliphatic rings. The van der Waals surface area contributed by atoms with Crippen molar-refractivity contribution in [2.45, 2.75) is 41.5 Å². The molecule has 0 aliphatic carbocycles. The molecule has 1 heterocycles. The summed E-state index contributed by atoms with van der Waals surface area (Å²) in [5.74, 6) is 2.22. The van der Waals surface area contributed by atoms with Gasteiger partial charge in [-0.1, -0.05) is 27.7 Å². The standard InChI is InChI=1S/C14H26N4/c1-7-15-13-17-11(4)8-12(18-13)16-9-14(5,6)10(2)3/h8,10H,7,9H2,1-6H3,(H2,15,16,17,18). The van der Waals surface area contributed by atoms with E-state index in [0.717, 1.165) is 24.6 Å². The maximum Gasteiger partial charge on any atom is 0.224 e. The van der Waals surface area contributed by atoms with E-state index in [-0.39, 0.29) is 5.41 Å². The van der Waals surface area contributed by atoms with Crippen LogP contribution in [0, 0.1) is 18.3 Å². The Balaban J connectivity index is 2.73. The summed E-state index contributed by atoms with van der Waals surface area (Å²) in [6.07, 6.45) is 0. The Bertz CT molecular complexity index is 385. The predicted octanol–water partition coefficient (Wildman–Crippen LogP) is 3.31. The van der Waals surface area contributed by atoms with Crippen molar-refractivity contribution in [3.63, 3.8) is 0 Å². The third-order valence-corrected chi connectivity index (χ3v) is 3.48. The zero-order valence-corrected chi connectivity index (χ0v) is 12.5. The molecule has 1 aromatic heterocycles. The molecule has 0 spiro atoms. The first kappa shape index (κ1) is 14.7. The highest BCUT2D eigenvalue weighted by atomic mass is 15.1. The van der Waals surface area contributed by atoms with E-state index in [1.165, 1.54) is 0 Å². The van der Waals surface area contributed by atoms with Gasteiger partial charge in [-0.05, 0) is 25.2 Å². The highest BCUT2D eigenvalue weighted by Gasteiger charge is 2.22. The molecule has 0 saturated carbocycles. The van der Waals surface area contributed by atoms with E-state index >= 15 is 0 Å². The molecule has 4 nitrogen and oxygen atoms in total. The van der Waals surface area contributed by atoms with Gasteiger partial charge < -0.3 is 10.6 Å². The molecule has 0 amide bonds. The minimum atomic E-state index is 0.247. The van der Waals surface area contributed by atoms with Gasteiger partial charge in [0.25, 0.3) is 0 Å². The summed E-state index contributed by atoms with van der Waals surface area (Å²) < 4.78 is 0. The number of nitrogens with one attached hydrogen (secondary N) is 2. The largest absolute Gasteiger partial charge is 0.369 e. The van der Waals surface area contributed by atoms with Crippen LogP contribution in [0.4, 0.5) is 11.8 Å². The first-order valence-electron chi connectivity index (χ1n) is 6.68. The van der Waals surface area contributed by atoms with Gasteiger partial charge in [0.05, 0.1) is 0 Å². The monoisotopic (exact) mass is 250 g/mol. The summed E-state index contributed by atoms with van der Waals surface area (Å²) in [7, 11) is 0. The highest BCUT2D eigenvalue weighted by Crippen LogP contribution is 2.26. The lowest BCUT2D eigenvalue weighted by Gasteiger charge is -2.29. The molecule has 0 bridgehead atoms. The maximum absolute atomic E-state index is 4.45. The highest BCUT2D eigenvalue weighted by molar-refractivity contribution is 5.42. The quantitative estimate of drug-likeness (QED) is 0.813. The van der Waals surface area contributed by atoms with E-state index in [0.29, 0.717) is 11.9 Å². The molecule has 0 saturated heterocycles. The van der Waals surface area contributed by atoms with Crippen LogP contribution in [0.5, 0.6) is 0 Å². The van der Waals surface area contributed by atoms with E-state index in [1.807, 2.05) is 19.9 Å². The van der Waals surface area contributed by atoms with E-state index in [1.54, 1.807) is 0 Å². The molecule has 102 valence electrons. The van der Waals surface area contributed by atoms with Crippen LogP contribution in [0.25, 0.3) is 0 Å². The lowest BCUT2D eigenvalue weighted by Crippen LogP contribution is -2.28. The van der Waals surface area contributed by atoms with Gasteiger partial charge >= 0.3 is 0 Å². The fourth-order valence-electron chi connectivity index (χ4n) is 1.42. The summed E-state index contributed by atoms with van der Waals surface area (Å²) in [6, 6.07) is 1.98. The Morgan fingerprint density at radius 3 is 2.44 bits per heavy atom. The van der Waals surface area contributed by atoms with Gasteiger partial charge in [-0.3, -0.25) is 0 Å². The molecule has 1 aromatic rings. The van der Waals surface area contributed by atoms with Crippen molar-refractivity contribution in [3.05, 3.63) is 11.8 Å². The van der Waals surface area contributed by atoms with E-state index in [4.69, 9.17) is 0 Å². The van der Waals surface area contributed by atoms with Crippen LogP contribution in [0.3, 0.4) is 0 Å². The van der Waals surface area contributed by atoms with Gasteiger partial charge in [0, 0.05) is 24.8 Å². The molecule has 1 rings (SSSR count). The second-order valence-electron chi connectivity index (χ2n) is 5.75. The third kappa shape index (κ3) is 4.17. The molecular formula is C14H26N4. The third-order valence-electron chi connectivity index (χ3n) is 3.48. The number of nitrogens with zero attached hydrogens (tertiary/aromatic N) is 2. The Hall–Kier alpha value is -1.32. The molecule has 0 atom stereocenters. The average molecular weight is 250 g/mol. The lowest BCUT2D eigenvalue weighted by molar-refractivity contribution is 0.269. The number of rotatable bonds is 6. The van der Waals surface area contributed by atoms with Gasteiger partial charge in [0.1, 0.15) is 5.82 Å². The van der Waals surface area contributed by atoms with Crippen LogP contribution in [0.2, 0.25) is 0 Å². The summed E-state index contributed by atoms with van der Waals surface area (Å²) >= 11 is 0. The van der Waals surface area contributed by atoms with Crippen LogP contribution >= 0.6 is 0 Å². The van der Waals surface area contributed by atoms with Crippen molar-refractivity contribution in [2.75, 3.05) is 23.7 Å². The van der Waals surface area contributed by atoms with Crippen LogP contribution in [-0.2, 0) is 0 Å². The summed E-state index contributed by atoms with van der Waals surface area (Å²) in [6.45, 7) is 14.8. The average Bonchev–Trinajstić information content (AvgIpc) is 2.26. The number of anilines is 2. The maximum atomic E-state index is 4.45. The fourth-order valence-corrected chi connectivity index (χ4v) is 1.42. The van der Waals surface area contributed by atoms with Gasteiger partial charge in [-0.25, -0.2) is 4.98 Å². The molecule has 0 radical (unpaired) electrons. The van der Waals surface area contributed by atoms with Gasteiger partial charge in [-0.2, -0.15) is 4.98 Å². The van der Waals surface area contributed by atoms with Gasteiger partial charge in [-0.15, -0.1) is 0 Å². The second-order valence-corrected chi connectivity index (χ2v) is 5.75. The topological polar surface area (TPSA) is 49.8 Å². The number of aryl methyl sites for hydroxylation is 1. The first-order chi connectivity index (χ1) is 8.35. The van der Waals surface area contributed by atoms with Gasteiger partial charge in [0.2, 0.25) is 5.95 Å². The Kier molecular flexibility index (Phi) is 4.93. The molecule has 0 aromatic carbocycles. The zero-order valence-electron chi connectivity index (χ0n) is 12.5. The molecule has 0 unspecified atom stereocenters. The normalized spacial score (nSPS) is 11.7. The predicted molar refractivity (Wildman–Crippen MR) is 78.0 cm³/mol.